The molecule has 0 radical (unpaired) electrons. The topological polar surface area (TPSA) is 128 Å². The van der Waals surface area contributed by atoms with E-state index in [4.69, 9.17) is 0 Å². The molecular weight excluding hydrogens is 671 g/mol. The zero-order valence-corrected chi connectivity index (χ0v) is 32.1. The van der Waals surface area contributed by atoms with Gasteiger partial charge in [-0.05, 0) is 82.2 Å². The summed E-state index contributed by atoms with van der Waals surface area (Å²) in [6, 6.07) is 26.7. The van der Waals surface area contributed by atoms with Crippen LogP contribution in [0, 0.1) is 17.8 Å². The first-order chi connectivity index (χ1) is 25.0. The minimum atomic E-state index is -1.15. The van der Waals surface area contributed by atoms with Gasteiger partial charge in [0.25, 0.3) is 0 Å². The number of aliphatic hydroxyl groups excluding tert-OH is 2. The molecule has 5 N–H and O–H groups in total. The molecule has 0 fully saturated rings. The van der Waals surface area contributed by atoms with Gasteiger partial charge in [0.05, 0.1) is 31.2 Å². The summed E-state index contributed by atoms with van der Waals surface area (Å²) in [4.78, 5) is 41.4. The number of amides is 3. The van der Waals surface area contributed by atoms with Crippen molar-refractivity contribution in [3.63, 3.8) is 0 Å². The molecule has 9 heteroatoms. The number of carbonyl (C=O) groups excluding carboxylic acids is 3. The number of aliphatic hydroxyl groups is 2. The summed E-state index contributed by atoms with van der Waals surface area (Å²) >= 11 is 1.59. The number of rotatable bonds is 20. The van der Waals surface area contributed by atoms with Gasteiger partial charge in [0.2, 0.25) is 17.7 Å². The smallest absolute Gasteiger partial charge is 0.242 e. The fraction of sp³-hybridized carbons (Fsp3) is 0.465. The van der Waals surface area contributed by atoms with Crippen molar-refractivity contribution in [2.45, 2.75) is 90.4 Å². The molecular formula is C43H57N3O5S. The molecule has 0 spiro atoms. The van der Waals surface area contributed by atoms with Crippen LogP contribution in [0.4, 0.5) is 0 Å². The van der Waals surface area contributed by atoms with Crippen molar-refractivity contribution in [1.29, 1.82) is 0 Å². The molecule has 280 valence electrons. The van der Waals surface area contributed by atoms with E-state index in [1.165, 1.54) is 0 Å². The van der Waals surface area contributed by atoms with Gasteiger partial charge in [-0.2, -0.15) is 11.8 Å². The normalized spacial score (nSPS) is 14.6. The predicted molar refractivity (Wildman–Crippen MR) is 214 cm³/mol. The molecule has 52 heavy (non-hydrogen) atoms. The number of thioether (sulfide) groups is 1. The molecule has 0 aromatic heterocycles. The third-order valence-corrected chi connectivity index (χ3v) is 10.7. The fourth-order valence-corrected chi connectivity index (χ4v) is 7.35. The molecule has 8 nitrogen and oxygen atoms in total. The highest BCUT2D eigenvalue weighted by molar-refractivity contribution is 7.98. The average Bonchev–Trinajstić information content (AvgIpc) is 3.14. The Morgan fingerprint density at radius 2 is 1.29 bits per heavy atom. The highest BCUT2D eigenvalue weighted by atomic mass is 32.2. The van der Waals surface area contributed by atoms with Crippen molar-refractivity contribution in [3.05, 3.63) is 96.1 Å². The maximum atomic E-state index is 14.4. The van der Waals surface area contributed by atoms with E-state index in [-0.39, 0.29) is 42.6 Å². The lowest BCUT2D eigenvalue weighted by Gasteiger charge is -2.29. The van der Waals surface area contributed by atoms with E-state index >= 15 is 0 Å². The molecule has 4 rings (SSSR count). The summed E-state index contributed by atoms with van der Waals surface area (Å²) in [5.74, 6) is -0.592. The van der Waals surface area contributed by atoms with Crippen LogP contribution in [0.1, 0.15) is 64.5 Å². The van der Waals surface area contributed by atoms with E-state index in [1.807, 2.05) is 70.3 Å². The van der Waals surface area contributed by atoms with Crippen molar-refractivity contribution in [2.75, 3.05) is 18.6 Å². The zero-order valence-electron chi connectivity index (χ0n) is 31.3. The molecule has 5 atom stereocenters. The summed E-state index contributed by atoms with van der Waals surface area (Å²) < 4.78 is 0. The Hall–Kier alpha value is -3.92. The molecule has 3 unspecified atom stereocenters. The van der Waals surface area contributed by atoms with Crippen LogP contribution < -0.4 is 16.0 Å². The van der Waals surface area contributed by atoms with Gasteiger partial charge in [0, 0.05) is 5.92 Å². The van der Waals surface area contributed by atoms with Crippen LogP contribution in [0.5, 0.6) is 0 Å². The fourth-order valence-electron chi connectivity index (χ4n) is 6.88. The molecule has 0 aliphatic carbocycles. The second-order valence-corrected chi connectivity index (χ2v) is 15.5. The van der Waals surface area contributed by atoms with Gasteiger partial charge in [-0.3, -0.25) is 14.4 Å². The second-order valence-electron chi connectivity index (χ2n) is 14.5. The largest absolute Gasteiger partial charge is 0.394 e. The summed E-state index contributed by atoms with van der Waals surface area (Å²) in [7, 11) is 0. The summed E-state index contributed by atoms with van der Waals surface area (Å²) in [5.41, 5.74) is 2.14. The monoisotopic (exact) mass is 727 g/mol. The van der Waals surface area contributed by atoms with Crippen LogP contribution >= 0.6 is 11.8 Å². The van der Waals surface area contributed by atoms with E-state index in [0.717, 1.165) is 39.1 Å². The van der Waals surface area contributed by atoms with Gasteiger partial charge < -0.3 is 26.2 Å². The highest BCUT2D eigenvalue weighted by Gasteiger charge is 2.31. The van der Waals surface area contributed by atoms with Gasteiger partial charge in [0.1, 0.15) is 6.04 Å². The molecule has 4 aromatic carbocycles. The van der Waals surface area contributed by atoms with Crippen LogP contribution in [0.3, 0.4) is 0 Å². The van der Waals surface area contributed by atoms with Crippen molar-refractivity contribution < 1.29 is 24.6 Å². The third-order valence-electron chi connectivity index (χ3n) is 10.1. The van der Waals surface area contributed by atoms with Gasteiger partial charge >= 0.3 is 0 Å². The maximum absolute atomic E-state index is 14.4. The van der Waals surface area contributed by atoms with Crippen molar-refractivity contribution in [3.8, 4) is 0 Å². The van der Waals surface area contributed by atoms with Crippen LogP contribution in [0.15, 0.2) is 84.9 Å². The Kier molecular flexibility index (Phi) is 16.0. The lowest BCUT2D eigenvalue weighted by molar-refractivity contribution is -0.132. The Labute approximate surface area is 313 Å². The molecule has 0 saturated heterocycles. The first-order valence-corrected chi connectivity index (χ1v) is 20.0. The SMILES string of the molecule is CCC(C)[C@@H](CO)NC(=O)CC(O)C(CC(C)C)NC(=O)[C@H](CCSC)NC(=O)C(Cc1cccc2ccccc12)Cc1cccc2ccccc12. The van der Waals surface area contributed by atoms with E-state index in [1.54, 1.807) is 11.8 Å². The van der Waals surface area contributed by atoms with Crippen LogP contribution in [-0.4, -0.2) is 70.8 Å². The summed E-state index contributed by atoms with van der Waals surface area (Å²) in [6.45, 7) is 7.74. The Bertz CT molecular complexity index is 1670. The first-order valence-electron chi connectivity index (χ1n) is 18.7. The molecule has 0 heterocycles. The lowest BCUT2D eigenvalue weighted by atomic mass is 9.87. The van der Waals surface area contributed by atoms with Crippen LogP contribution in [0.2, 0.25) is 0 Å². The maximum Gasteiger partial charge on any atom is 0.242 e. The number of carbonyl (C=O) groups is 3. The quantitative estimate of drug-likeness (QED) is 0.0714. The lowest BCUT2D eigenvalue weighted by Crippen LogP contribution is -2.54. The molecule has 0 bridgehead atoms. The number of hydrogen-bond acceptors (Lipinski definition) is 6. The van der Waals surface area contributed by atoms with E-state index in [0.29, 0.717) is 31.4 Å². The number of benzene rings is 4. The Morgan fingerprint density at radius 3 is 1.81 bits per heavy atom. The molecule has 4 aromatic rings. The summed E-state index contributed by atoms with van der Waals surface area (Å²) in [6.07, 6.45) is 3.22. The molecule has 0 aliphatic heterocycles. The van der Waals surface area contributed by atoms with Gasteiger partial charge in [-0.1, -0.05) is 119 Å². The Balaban J connectivity index is 1.57. The average molecular weight is 728 g/mol. The first kappa shape index (κ1) is 40.8. The van der Waals surface area contributed by atoms with E-state index in [2.05, 4.69) is 64.5 Å². The molecule has 0 saturated carbocycles. The minimum absolute atomic E-state index is 0.0723. The number of hydrogen-bond donors (Lipinski definition) is 5. The zero-order chi connectivity index (χ0) is 37.6. The van der Waals surface area contributed by atoms with Crippen molar-refractivity contribution in [2.24, 2.45) is 17.8 Å². The van der Waals surface area contributed by atoms with Crippen molar-refractivity contribution >= 4 is 51.0 Å². The predicted octanol–water partition coefficient (Wildman–Crippen LogP) is 6.44. The standard InChI is InChI=1S/C43H57N3O5S/c1-6-29(4)39(27-47)44-41(49)26-40(48)38(23-28(2)3)46-43(51)37(21-22-52-5)45-42(50)34(24-32-17-11-15-30-13-7-9-19-35(30)32)25-33-18-12-16-31-14-8-10-20-36(31)33/h7-20,28-29,34,37-40,47-48H,6,21-27H2,1-5H3,(H,44,49)(H,45,50)(H,46,51)/t29?,37-,38?,39+,40?/m0/s1. The van der Waals surface area contributed by atoms with Crippen LogP contribution in [0.25, 0.3) is 21.5 Å². The van der Waals surface area contributed by atoms with Gasteiger partial charge in [0.15, 0.2) is 0 Å². The summed E-state index contributed by atoms with van der Waals surface area (Å²) in [5, 5.41) is 34.4. The third kappa shape index (κ3) is 11.5. The minimum Gasteiger partial charge on any atom is -0.394 e. The number of nitrogens with one attached hydrogen (secondary N) is 3. The van der Waals surface area contributed by atoms with Gasteiger partial charge in [-0.15, -0.1) is 0 Å². The van der Waals surface area contributed by atoms with Crippen molar-refractivity contribution in [1.82, 2.24) is 16.0 Å². The van der Waals surface area contributed by atoms with E-state index < -0.39 is 30.1 Å². The van der Waals surface area contributed by atoms with E-state index in [9.17, 15) is 24.6 Å². The highest BCUT2D eigenvalue weighted by Crippen LogP contribution is 2.27. The molecule has 3 amide bonds. The van der Waals surface area contributed by atoms with Crippen LogP contribution in [-0.2, 0) is 27.2 Å². The van der Waals surface area contributed by atoms with Gasteiger partial charge in [-0.25, -0.2) is 0 Å². The number of fused-ring (bicyclic) bond motifs is 2. The Morgan fingerprint density at radius 1 is 0.731 bits per heavy atom. The molecule has 0 aliphatic rings. The second kappa shape index (κ2) is 20.4.